The number of nitrogens with one attached hydrogen (secondary N) is 1. The van der Waals surface area contributed by atoms with E-state index in [0.717, 1.165) is 18.5 Å². The van der Waals surface area contributed by atoms with Gasteiger partial charge in [-0.15, -0.1) is 0 Å². The van der Waals surface area contributed by atoms with Gasteiger partial charge in [0.25, 0.3) is 0 Å². The average Bonchev–Trinajstić information content (AvgIpc) is 2.21. The number of hydrazine groups is 1. The van der Waals surface area contributed by atoms with Gasteiger partial charge in [-0.05, 0) is 18.6 Å². The van der Waals surface area contributed by atoms with Crippen LogP contribution in [0, 0.1) is 0 Å². The quantitative estimate of drug-likeness (QED) is 0.348. The normalized spacial score (nSPS) is 11.5. The molecule has 14 heavy (non-hydrogen) atoms. The smallest absolute Gasteiger partial charge is 0.144 e. The molecule has 4 heteroatoms. The van der Waals surface area contributed by atoms with E-state index < -0.39 is 0 Å². The fraction of sp³-hybridized carbons (Fsp3) is 0.300. The molecule has 0 heterocycles. The average molecular weight is 212 g/mol. The van der Waals surface area contributed by atoms with Gasteiger partial charge in [-0.1, -0.05) is 30.7 Å². The number of halogens is 1. The van der Waals surface area contributed by atoms with Crippen LogP contribution in [0.15, 0.2) is 29.3 Å². The maximum atomic E-state index is 6.00. The molecule has 0 bridgehead atoms. The molecule has 0 unspecified atom stereocenters. The summed E-state index contributed by atoms with van der Waals surface area (Å²) in [5.74, 6) is 6.01. The second-order valence-corrected chi connectivity index (χ2v) is 3.26. The van der Waals surface area contributed by atoms with Crippen LogP contribution in [-0.2, 0) is 0 Å². The van der Waals surface area contributed by atoms with E-state index in [4.69, 9.17) is 17.4 Å². The first-order valence-electron chi connectivity index (χ1n) is 4.55. The molecule has 3 nitrogen and oxygen atoms in total. The van der Waals surface area contributed by atoms with Crippen molar-refractivity contribution in [2.45, 2.75) is 13.3 Å². The standard InChI is InChI=1S/C10H14ClN3/c1-2-7-13-10(14-12)8-5-3-4-6-9(8)11/h3-6H,2,7,12H2,1H3,(H,13,14). The fourth-order valence-corrected chi connectivity index (χ4v) is 1.31. The zero-order chi connectivity index (χ0) is 10.4. The Bertz CT molecular complexity index is 323. The third-order valence-corrected chi connectivity index (χ3v) is 2.09. The van der Waals surface area contributed by atoms with E-state index in [1.807, 2.05) is 24.3 Å². The Morgan fingerprint density at radius 2 is 2.21 bits per heavy atom. The summed E-state index contributed by atoms with van der Waals surface area (Å²) in [4.78, 5) is 4.29. The van der Waals surface area contributed by atoms with Crippen LogP contribution in [0.2, 0.25) is 5.02 Å². The zero-order valence-corrected chi connectivity index (χ0v) is 8.88. The first-order chi connectivity index (χ1) is 6.79. The van der Waals surface area contributed by atoms with Crippen LogP contribution >= 0.6 is 11.6 Å². The van der Waals surface area contributed by atoms with E-state index in [-0.39, 0.29) is 0 Å². The number of hydrogen-bond donors (Lipinski definition) is 2. The van der Waals surface area contributed by atoms with Gasteiger partial charge < -0.3 is 5.43 Å². The minimum absolute atomic E-state index is 0.637. The summed E-state index contributed by atoms with van der Waals surface area (Å²) in [5.41, 5.74) is 3.40. The lowest BCUT2D eigenvalue weighted by Crippen LogP contribution is -2.31. The van der Waals surface area contributed by atoms with Gasteiger partial charge in [-0.3, -0.25) is 4.99 Å². The number of aliphatic imine (C=N–C) groups is 1. The molecule has 76 valence electrons. The molecule has 0 aliphatic carbocycles. The van der Waals surface area contributed by atoms with Gasteiger partial charge in [-0.25, -0.2) is 5.84 Å². The maximum absolute atomic E-state index is 6.00. The molecule has 0 spiro atoms. The van der Waals surface area contributed by atoms with E-state index in [2.05, 4.69) is 17.3 Å². The largest absolute Gasteiger partial charge is 0.308 e. The van der Waals surface area contributed by atoms with Gasteiger partial charge in [0, 0.05) is 12.1 Å². The maximum Gasteiger partial charge on any atom is 0.144 e. The summed E-state index contributed by atoms with van der Waals surface area (Å²) in [6.07, 6.45) is 0.982. The molecule has 1 aromatic carbocycles. The van der Waals surface area contributed by atoms with Crippen LogP contribution in [0.5, 0.6) is 0 Å². The molecule has 0 atom stereocenters. The highest BCUT2D eigenvalue weighted by atomic mass is 35.5. The topological polar surface area (TPSA) is 50.4 Å². The van der Waals surface area contributed by atoms with Gasteiger partial charge in [0.1, 0.15) is 5.84 Å². The number of hydrogen-bond acceptors (Lipinski definition) is 2. The Labute approximate surface area is 88.9 Å². The Hall–Kier alpha value is -1.06. The highest BCUT2D eigenvalue weighted by molar-refractivity contribution is 6.34. The first kappa shape index (κ1) is 11.0. The van der Waals surface area contributed by atoms with Crippen LogP contribution < -0.4 is 11.3 Å². The van der Waals surface area contributed by atoms with Crippen molar-refractivity contribution in [2.75, 3.05) is 6.54 Å². The molecule has 1 aromatic rings. The molecule has 0 fully saturated rings. The molecule has 0 radical (unpaired) electrons. The number of benzene rings is 1. The Balaban J connectivity index is 2.95. The highest BCUT2D eigenvalue weighted by Crippen LogP contribution is 2.14. The summed E-state index contributed by atoms with van der Waals surface area (Å²) in [5, 5.41) is 0.653. The summed E-state index contributed by atoms with van der Waals surface area (Å²) in [7, 11) is 0. The Kier molecular flexibility index (Phi) is 4.43. The molecular formula is C10H14ClN3. The zero-order valence-electron chi connectivity index (χ0n) is 8.13. The predicted molar refractivity (Wildman–Crippen MR) is 60.5 cm³/mol. The van der Waals surface area contributed by atoms with Crippen LogP contribution in [0.3, 0.4) is 0 Å². The summed E-state index contributed by atoms with van der Waals surface area (Å²) >= 11 is 6.00. The second-order valence-electron chi connectivity index (χ2n) is 2.85. The molecule has 0 saturated carbocycles. The van der Waals surface area contributed by atoms with Crippen molar-refractivity contribution in [1.82, 2.24) is 5.43 Å². The molecule has 0 amide bonds. The number of nitrogens with two attached hydrogens (primary N) is 1. The molecule has 0 saturated heterocycles. The molecule has 1 rings (SSSR count). The van der Waals surface area contributed by atoms with Crippen molar-refractivity contribution in [3.63, 3.8) is 0 Å². The molecule has 0 aliphatic rings. The van der Waals surface area contributed by atoms with Crippen molar-refractivity contribution in [3.8, 4) is 0 Å². The lowest BCUT2D eigenvalue weighted by molar-refractivity contribution is 0.908. The molecule has 0 aromatic heterocycles. The van der Waals surface area contributed by atoms with E-state index in [9.17, 15) is 0 Å². The van der Waals surface area contributed by atoms with Crippen molar-refractivity contribution >= 4 is 17.4 Å². The van der Waals surface area contributed by atoms with Gasteiger partial charge in [0.15, 0.2) is 0 Å². The highest BCUT2D eigenvalue weighted by Gasteiger charge is 2.04. The van der Waals surface area contributed by atoms with Crippen molar-refractivity contribution in [2.24, 2.45) is 10.8 Å². The molecule has 0 aliphatic heterocycles. The van der Waals surface area contributed by atoms with Gasteiger partial charge in [0.05, 0.1) is 5.02 Å². The number of nitrogens with zero attached hydrogens (tertiary/aromatic N) is 1. The van der Waals surface area contributed by atoms with Gasteiger partial charge in [0.2, 0.25) is 0 Å². The SMILES string of the molecule is CCCN=C(NN)c1ccccc1Cl. The minimum atomic E-state index is 0.637. The predicted octanol–water partition coefficient (Wildman–Crippen LogP) is 1.96. The third-order valence-electron chi connectivity index (χ3n) is 1.76. The van der Waals surface area contributed by atoms with Crippen molar-refractivity contribution < 1.29 is 0 Å². The fourth-order valence-electron chi connectivity index (χ4n) is 1.09. The lowest BCUT2D eigenvalue weighted by atomic mass is 10.2. The van der Waals surface area contributed by atoms with Crippen LogP contribution in [0.25, 0.3) is 0 Å². The van der Waals surface area contributed by atoms with Crippen molar-refractivity contribution in [1.29, 1.82) is 0 Å². The Morgan fingerprint density at radius 1 is 1.50 bits per heavy atom. The van der Waals surface area contributed by atoms with Gasteiger partial charge in [-0.2, -0.15) is 0 Å². The summed E-state index contributed by atoms with van der Waals surface area (Å²) in [6, 6.07) is 7.48. The third kappa shape index (κ3) is 2.72. The first-order valence-corrected chi connectivity index (χ1v) is 4.93. The van der Waals surface area contributed by atoms with Gasteiger partial charge >= 0.3 is 0 Å². The van der Waals surface area contributed by atoms with Crippen LogP contribution in [0.1, 0.15) is 18.9 Å². The van der Waals surface area contributed by atoms with E-state index in [0.29, 0.717) is 10.9 Å². The Morgan fingerprint density at radius 3 is 2.79 bits per heavy atom. The van der Waals surface area contributed by atoms with E-state index in [1.165, 1.54) is 0 Å². The monoisotopic (exact) mass is 211 g/mol. The van der Waals surface area contributed by atoms with Crippen molar-refractivity contribution in [3.05, 3.63) is 34.9 Å². The molecular weight excluding hydrogens is 198 g/mol. The summed E-state index contributed by atoms with van der Waals surface area (Å²) < 4.78 is 0. The second kappa shape index (κ2) is 5.62. The van der Waals surface area contributed by atoms with E-state index >= 15 is 0 Å². The van der Waals surface area contributed by atoms with Crippen LogP contribution in [0.4, 0.5) is 0 Å². The lowest BCUT2D eigenvalue weighted by Gasteiger charge is -2.07. The summed E-state index contributed by atoms with van der Waals surface area (Å²) in [6.45, 7) is 2.80. The van der Waals surface area contributed by atoms with Crippen LogP contribution in [-0.4, -0.2) is 12.4 Å². The van der Waals surface area contributed by atoms with E-state index in [1.54, 1.807) is 0 Å². The number of amidine groups is 1. The molecule has 3 N–H and O–H groups in total. The number of rotatable bonds is 3. The minimum Gasteiger partial charge on any atom is -0.308 e.